The second kappa shape index (κ2) is 8.28. The van der Waals surface area contributed by atoms with Crippen LogP contribution in [0.4, 0.5) is 0 Å². The molecule has 0 spiro atoms. The summed E-state index contributed by atoms with van der Waals surface area (Å²) in [5.74, 6) is 5.53. The minimum atomic E-state index is -0.243. The third kappa shape index (κ3) is 4.91. The quantitative estimate of drug-likeness (QED) is 0.672. The summed E-state index contributed by atoms with van der Waals surface area (Å²) in [6.07, 6.45) is 3.42. The number of carbonyl (C=O) groups excluding carboxylic acids is 2. The fourth-order valence-corrected chi connectivity index (χ4v) is 3.26. The topological polar surface area (TPSA) is 58.6 Å². The van der Waals surface area contributed by atoms with E-state index >= 15 is 0 Å². The van der Waals surface area contributed by atoms with Gasteiger partial charge in [0.25, 0.3) is 0 Å². The lowest BCUT2D eigenvalue weighted by molar-refractivity contribution is -0.134. The van der Waals surface area contributed by atoms with Gasteiger partial charge >= 0.3 is 0 Å². The maximum atomic E-state index is 11.9. The van der Waals surface area contributed by atoms with E-state index in [4.69, 9.17) is 4.74 Å². The van der Waals surface area contributed by atoms with Gasteiger partial charge in [-0.2, -0.15) is 0 Å². The number of carbonyl (C=O) groups is 2. The van der Waals surface area contributed by atoms with Crippen LogP contribution in [0.1, 0.15) is 42.7 Å². The van der Waals surface area contributed by atoms with Crippen LogP contribution in [0, 0.1) is 11.8 Å². The predicted molar refractivity (Wildman–Crippen MR) is 94.9 cm³/mol. The molecule has 5 heteroatoms. The molecule has 132 valence electrons. The van der Waals surface area contributed by atoms with Gasteiger partial charge in [0.1, 0.15) is 6.61 Å². The second-order valence-corrected chi connectivity index (χ2v) is 6.74. The summed E-state index contributed by atoms with van der Waals surface area (Å²) in [7, 11) is 2.13. The Hall–Kier alpha value is -2.16. The molecule has 2 aliphatic heterocycles. The highest BCUT2D eigenvalue weighted by Crippen LogP contribution is 2.24. The minimum Gasteiger partial charge on any atom is -0.365 e. The number of piperidine rings is 2. The summed E-state index contributed by atoms with van der Waals surface area (Å²) in [6.45, 7) is 2.61. The number of ether oxygens (including phenoxy) is 1. The van der Waals surface area contributed by atoms with Gasteiger partial charge in [0.15, 0.2) is 0 Å². The van der Waals surface area contributed by atoms with Gasteiger partial charge in [-0.25, -0.2) is 0 Å². The molecule has 0 bridgehead atoms. The SMILES string of the molecule is CN1CCC(OCC#Cc2ccc(C3CCC(=O)NC3=O)cc2)CC1. The number of rotatable bonds is 3. The Morgan fingerprint density at radius 3 is 2.56 bits per heavy atom. The molecule has 0 aromatic heterocycles. The molecule has 1 unspecified atom stereocenters. The second-order valence-electron chi connectivity index (χ2n) is 6.74. The normalized spacial score (nSPS) is 22.2. The van der Waals surface area contributed by atoms with Crippen molar-refractivity contribution in [2.75, 3.05) is 26.7 Å². The number of nitrogens with zero attached hydrogens (tertiary/aromatic N) is 1. The Balaban J connectivity index is 1.50. The molecule has 25 heavy (non-hydrogen) atoms. The maximum absolute atomic E-state index is 11.9. The van der Waals surface area contributed by atoms with Crippen molar-refractivity contribution in [3.05, 3.63) is 35.4 Å². The molecule has 2 saturated heterocycles. The highest BCUT2D eigenvalue weighted by Gasteiger charge is 2.27. The number of imide groups is 1. The average molecular weight is 340 g/mol. The maximum Gasteiger partial charge on any atom is 0.234 e. The van der Waals surface area contributed by atoms with E-state index in [1.807, 2.05) is 24.3 Å². The standard InChI is InChI=1S/C20H24N2O3/c1-22-12-10-17(11-13-22)25-14-2-3-15-4-6-16(7-5-15)18-8-9-19(23)21-20(18)24/h4-7,17-18H,8-14H2,1H3,(H,21,23,24). The highest BCUT2D eigenvalue weighted by molar-refractivity contribution is 6.00. The van der Waals surface area contributed by atoms with Crippen LogP contribution in [0.25, 0.3) is 0 Å². The molecule has 2 aliphatic rings. The Morgan fingerprint density at radius 1 is 1.16 bits per heavy atom. The molecule has 0 aliphatic carbocycles. The van der Waals surface area contributed by atoms with E-state index in [1.165, 1.54) is 0 Å². The fraction of sp³-hybridized carbons (Fsp3) is 0.500. The molecule has 0 saturated carbocycles. The molecule has 1 atom stereocenters. The van der Waals surface area contributed by atoms with Gasteiger partial charge in [-0.15, -0.1) is 0 Å². The van der Waals surface area contributed by atoms with Crippen molar-refractivity contribution < 1.29 is 14.3 Å². The van der Waals surface area contributed by atoms with E-state index < -0.39 is 0 Å². The molecule has 0 radical (unpaired) electrons. The molecule has 2 fully saturated rings. The number of amides is 2. The summed E-state index contributed by atoms with van der Waals surface area (Å²) in [4.78, 5) is 25.4. The first-order valence-corrected chi connectivity index (χ1v) is 8.84. The number of hydrogen-bond acceptors (Lipinski definition) is 4. The van der Waals surface area contributed by atoms with Crippen molar-refractivity contribution >= 4 is 11.8 Å². The number of likely N-dealkylation sites (tertiary alicyclic amines) is 1. The van der Waals surface area contributed by atoms with E-state index in [9.17, 15) is 9.59 Å². The van der Waals surface area contributed by atoms with Gasteiger partial charge in [-0.05, 0) is 44.0 Å². The van der Waals surface area contributed by atoms with Crippen LogP contribution < -0.4 is 5.32 Å². The minimum absolute atomic E-state index is 0.187. The summed E-state index contributed by atoms with van der Waals surface area (Å²) < 4.78 is 5.81. The lowest BCUT2D eigenvalue weighted by Crippen LogP contribution is -2.39. The third-order valence-electron chi connectivity index (χ3n) is 4.84. The lowest BCUT2D eigenvalue weighted by Gasteiger charge is -2.28. The van der Waals surface area contributed by atoms with Crippen LogP contribution in [-0.2, 0) is 14.3 Å². The molecule has 3 rings (SSSR count). The van der Waals surface area contributed by atoms with Gasteiger partial charge in [-0.3, -0.25) is 14.9 Å². The van der Waals surface area contributed by atoms with Crippen molar-refractivity contribution in [3.63, 3.8) is 0 Å². The number of benzene rings is 1. The van der Waals surface area contributed by atoms with Gasteiger partial charge in [0.2, 0.25) is 11.8 Å². The van der Waals surface area contributed by atoms with Crippen LogP contribution in [0.3, 0.4) is 0 Å². The Morgan fingerprint density at radius 2 is 1.88 bits per heavy atom. The van der Waals surface area contributed by atoms with Crippen LogP contribution >= 0.6 is 0 Å². The van der Waals surface area contributed by atoms with Crippen LogP contribution in [0.5, 0.6) is 0 Å². The van der Waals surface area contributed by atoms with Gasteiger partial charge in [0.05, 0.1) is 12.0 Å². The predicted octanol–water partition coefficient (Wildman–Crippen LogP) is 1.67. The zero-order chi connectivity index (χ0) is 17.6. The van der Waals surface area contributed by atoms with E-state index in [1.54, 1.807) is 0 Å². The molecule has 1 aromatic rings. The monoisotopic (exact) mass is 340 g/mol. The smallest absolute Gasteiger partial charge is 0.234 e. The first kappa shape index (κ1) is 17.7. The Bertz CT molecular complexity index is 679. The molecular formula is C20H24N2O3. The van der Waals surface area contributed by atoms with E-state index in [0.29, 0.717) is 25.6 Å². The molecule has 5 nitrogen and oxygen atoms in total. The van der Waals surface area contributed by atoms with E-state index in [2.05, 4.69) is 29.1 Å². The van der Waals surface area contributed by atoms with E-state index in [0.717, 1.165) is 37.1 Å². The van der Waals surface area contributed by atoms with Gasteiger partial charge < -0.3 is 9.64 Å². The molecular weight excluding hydrogens is 316 g/mol. The van der Waals surface area contributed by atoms with Gasteiger partial charge in [0, 0.05) is 25.1 Å². The van der Waals surface area contributed by atoms with Crippen molar-refractivity contribution in [2.45, 2.75) is 37.7 Å². The van der Waals surface area contributed by atoms with Crippen molar-refractivity contribution in [1.82, 2.24) is 10.2 Å². The average Bonchev–Trinajstić information content (AvgIpc) is 2.61. The van der Waals surface area contributed by atoms with Crippen molar-refractivity contribution in [1.29, 1.82) is 0 Å². The first-order valence-electron chi connectivity index (χ1n) is 8.84. The molecule has 2 heterocycles. The molecule has 1 aromatic carbocycles. The van der Waals surface area contributed by atoms with Gasteiger partial charge in [-0.1, -0.05) is 24.0 Å². The largest absolute Gasteiger partial charge is 0.365 e. The first-order chi connectivity index (χ1) is 12.1. The molecule has 2 amide bonds. The summed E-state index contributed by atoms with van der Waals surface area (Å²) in [5, 5.41) is 2.39. The zero-order valence-electron chi connectivity index (χ0n) is 14.6. The summed E-state index contributed by atoms with van der Waals surface area (Å²) >= 11 is 0. The number of hydrogen-bond donors (Lipinski definition) is 1. The van der Waals surface area contributed by atoms with Crippen molar-refractivity contribution in [3.8, 4) is 11.8 Å². The Kier molecular flexibility index (Phi) is 5.85. The van der Waals surface area contributed by atoms with Crippen LogP contribution in [-0.4, -0.2) is 49.6 Å². The Labute approximate surface area is 148 Å². The zero-order valence-corrected chi connectivity index (χ0v) is 14.6. The fourth-order valence-electron chi connectivity index (χ4n) is 3.26. The van der Waals surface area contributed by atoms with Crippen LogP contribution in [0.2, 0.25) is 0 Å². The summed E-state index contributed by atoms with van der Waals surface area (Å²) in [6, 6.07) is 7.67. The van der Waals surface area contributed by atoms with Crippen molar-refractivity contribution in [2.24, 2.45) is 0 Å². The van der Waals surface area contributed by atoms with Crippen LogP contribution in [0.15, 0.2) is 24.3 Å². The summed E-state index contributed by atoms with van der Waals surface area (Å²) in [5.41, 5.74) is 1.83. The third-order valence-corrected chi connectivity index (χ3v) is 4.84. The van der Waals surface area contributed by atoms with E-state index in [-0.39, 0.29) is 17.7 Å². The lowest BCUT2D eigenvalue weighted by atomic mass is 9.90. The molecule has 1 N–H and O–H groups in total. The number of nitrogens with one attached hydrogen (secondary N) is 1. The highest BCUT2D eigenvalue weighted by atomic mass is 16.5.